The fourth-order valence-electron chi connectivity index (χ4n) is 4.17. The van der Waals surface area contributed by atoms with E-state index in [1.807, 2.05) is 23.1 Å². The second kappa shape index (κ2) is 10.7. The SMILES string of the molecule is CC/C=C(\CC)c1cc(C2CCN(CC(=O)O)CC2)ccc1NC(=O)c1ncc(C#N)[nH]1. The average Bonchev–Trinajstić information content (AvgIpc) is 3.28. The summed E-state index contributed by atoms with van der Waals surface area (Å²) in [4.78, 5) is 32.3. The van der Waals surface area contributed by atoms with Crippen LogP contribution in [0.2, 0.25) is 0 Å². The molecule has 1 fully saturated rings. The van der Waals surface area contributed by atoms with Gasteiger partial charge in [0.25, 0.3) is 5.91 Å². The highest BCUT2D eigenvalue weighted by atomic mass is 16.4. The zero-order chi connectivity index (χ0) is 23.1. The Morgan fingerprint density at radius 3 is 2.69 bits per heavy atom. The molecule has 32 heavy (non-hydrogen) atoms. The quantitative estimate of drug-likeness (QED) is 0.576. The number of carboxylic acid groups (broad SMARTS) is 1. The average molecular weight is 436 g/mol. The molecule has 0 aliphatic carbocycles. The molecular formula is C24H29N5O3. The number of anilines is 1. The second-order valence-electron chi connectivity index (χ2n) is 7.95. The number of aromatic amines is 1. The molecule has 1 saturated heterocycles. The summed E-state index contributed by atoms with van der Waals surface area (Å²) >= 11 is 0. The van der Waals surface area contributed by atoms with Gasteiger partial charge in [-0.1, -0.05) is 26.0 Å². The first-order chi connectivity index (χ1) is 15.4. The van der Waals surface area contributed by atoms with Crippen LogP contribution in [0.15, 0.2) is 30.5 Å². The van der Waals surface area contributed by atoms with E-state index < -0.39 is 11.9 Å². The number of allylic oxidation sites excluding steroid dienone is 2. The molecule has 0 saturated carbocycles. The van der Waals surface area contributed by atoms with Crippen molar-refractivity contribution < 1.29 is 14.7 Å². The first-order valence-corrected chi connectivity index (χ1v) is 11.0. The number of carbonyl (C=O) groups excluding carboxylic acids is 1. The number of likely N-dealkylation sites (tertiary alicyclic amines) is 1. The van der Waals surface area contributed by atoms with Gasteiger partial charge in [-0.2, -0.15) is 5.26 Å². The van der Waals surface area contributed by atoms with Gasteiger partial charge in [0, 0.05) is 11.3 Å². The van der Waals surface area contributed by atoms with Crippen molar-refractivity contribution in [2.45, 2.75) is 45.4 Å². The number of nitriles is 1. The van der Waals surface area contributed by atoms with Crippen LogP contribution in [0, 0.1) is 11.3 Å². The summed E-state index contributed by atoms with van der Waals surface area (Å²) in [5.74, 6) is -0.734. The standard InChI is InChI=1S/C24H29N5O3/c1-3-5-16(4-2)20-12-18(17-8-10-29(11-9-17)15-22(30)31)6-7-21(20)28-24(32)23-26-14-19(13-25)27-23/h5-7,12,14,17H,3-4,8-11,15H2,1-2H3,(H,26,27)(H,28,32)(H,30,31)/b16-5+. The number of imidazole rings is 1. The predicted molar refractivity (Wildman–Crippen MR) is 122 cm³/mol. The number of aliphatic carboxylic acids is 1. The third-order valence-corrected chi connectivity index (χ3v) is 5.80. The Labute approximate surface area is 188 Å². The number of nitrogens with zero attached hydrogens (tertiary/aromatic N) is 3. The van der Waals surface area contributed by atoms with Gasteiger partial charge in [-0.3, -0.25) is 14.5 Å². The summed E-state index contributed by atoms with van der Waals surface area (Å²) < 4.78 is 0. The first-order valence-electron chi connectivity index (χ1n) is 11.0. The summed E-state index contributed by atoms with van der Waals surface area (Å²) in [5.41, 5.74) is 4.29. The maximum atomic E-state index is 12.7. The van der Waals surface area contributed by atoms with Crippen molar-refractivity contribution in [2.75, 3.05) is 25.0 Å². The van der Waals surface area contributed by atoms with Crippen molar-refractivity contribution in [1.29, 1.82) is 5.26 Å². The van der Waals surface area contributed by atoms with E-state index in [4.69, 9.17) is 10.4 Å². The van der Waals surface area contributed by atoms with Crippen molar-refractivity contribution in [3.8, 4) is 6.07 Å². The number of carbonyl (C=O) groups is 2. The highest BCUT2D eigenvalue weighted by Crippen LogP contribution is 2.34. The van der Waals surface area contributed by atoms with E-state index in [0.29, 0.717) is 11.6 Å². The number of hydrogen-bond acceptors (Lipinski definition) is 5. The molecule has 1 amide bonds. The van der Waals surface area contributed by atoms with Gasteiger partial charge in [0.1, 0.15) is 11.8 Å². The van der Waals surface area contributed by atoms with E-state index >= 15 is 0 Å². The summed E-state index contributed by atoms with van der Waals surface area (Å²) in [6.07, 6.45) is 7.03. The minimum absolute atomic E-state index is 0.0858. The number of H-pyrrole nitrogens is 1. The maximum absolute atomic E-state index is 12.7. The predicted octanol–water partition coefficient (Wildman–Crippen LogP) is 4.00. The Balaban J connectivity index is 1.84. The highest BCUT2D eigenvalue weighted by molar-refractivity contribution is 6.03. The lowest BCUT2D eigenvalue weighted by molar-refractivity contribution is -0.138. The number of amides is 1. The monoisotopic (exact) mass is 435 g/mol. The van der Waals surface area contributed by atoms with Crippen molar-refractivity contribution >= 4 is 23.1 Å². The Kier molecular flexibility index (Phi) is 7.79. The van der Waals surface area contributed by atoms with Gasteiger partial charge in [-0.05, 0) is 68.0 Å². The molecule has 0 atom stereocenters. The van der Waals surface area contributed by atoms with Crippen LogP contribution in [0.4, 0.5) is 5.69 Å². The van der Waals surface area contributed by atoms with Gasteiger partial charge in [-0.15, -0.1) is 0 Å². The number of piperidine rings is 1. The highest BCUT2D eigenvalue weighted by Gasteiger charge is 2.23. The zero-order valence-corrected chi connectivity index (χ0v) is 18.5. The molecule has 8 nitrogen and oxygen atoms in total. The van der Waals surface area contributed by atoms with E-state index in [1.165, 1.54) is 11.8 Å². The molecule has 2 heterocycles. The lowest BCUT2D eigenvalue weighted by Crippen LogP contribution is -2.36. The molecule has 3 rings (SSSR count). The molecule has 168 valence electrons. The van der Waals surface area contributed by atoms with Crippen molar-refractivity contribution in [2.24, 2.45) is 0 Å². The number of carboxylic acids is 1. The van der Waals surface area contributed by atoms with Crippen LogP contribution in [0.5, 0.6) is 0 Å². The number of benzene rings is 1. The zero-order valence-electron chi connectivity index (χ0n) is 18.5. The molecule has 0 bridgehead atoms. The summed E-state index contributed by atoms with van der Waals surface area (Å²) in [6.45, 7) is 5.78. The largest absolute Gasteiger partial charge is 0.480 e. The molecule has 8 heteroatoms. The van der Waals surface area contributed by atoms with Gasteiger partial charge in [0.05, 0.1) is 12.7 Å². The van der Waals surface area contributed by atoms with Crippen LogP contribution in [0.1, 0.15) is 72.9 Å². The molecule has 0 radical (unpaired) electrons. The van der Waals surface area contributed by atoms with Crippen LogP contribution in [-0.4, -0.2) is 51.5 Å². The Bertz CT molecular complexity index is 1040. The number of nitrogens with one attached hydrogen (secondary N) is 2. The molecule has 1 aromatic heterocycles. The maximum Gasteiger partial charge on any atom is 0.317 e. The van der Waals surface area contributed by atoms with Crippen LogP contribution in [-0.2, 0) is 4.79 Å². The Morgan fingerprint density at radius 2 is 2.09 bits per heavy atom. The minimum atomic E-state index is -0.790. The number of hydrogen-bond donors (Lipinski definition) is 3. The fraction of sp³-hybridized carbons (Fsp3) is 0.417. The van der Waals surface area contributed by atoms with Crippen LogP contribution in [0.3, 0.4) is 0 Å². The van der Waals surface area contributed by atoms with Gasteiger partial charge in [-0.25, -0.2) is 4.98 Å². The van der Waals surface area contributed by atoms with E-state index in [2.05, 4.69) is 41.3 Å². The Morgan fingerprint density at radius 1 is 1.34 bits per heavy atom. The minimum Gasteiger partial charge on any atom is -0.480 e. The number of rotatable bonds is 8. The molecule has 0 spiro atoms. The molecule has 1 aliphatic heterocycles. The molecular weight excluding hydrogens is 406 g/mol. The molecule has 2 aromatic rings. The fourth-order valence-corrected chi connectivity index (χ4v) is 4.17. The molecule has 1 aliphatic rings. The molecule has 1 aromatic carbocycles. The summed E-state index contributed by atoms with van der Waals surface area (Å²) in [7, 11) is 0. The third kappa shape index (κ3) is 5.62. The van der Waals surface area contributed by atoms with E-state index in [-0.39, 0.29) is 18.1 Å². The van der Waals surface area contributed by atoms with Crippen molar-refractivity contribution in [3.05, 3.63) is 53.1 Å². The van der Waals surface area contributed by atoms with Crippen LogP contribution >= 0.6 is 0 Å². The van der Waals surface area contributed by atoms with E-state index in [1.54, 1.807) is 0 Å². The summed E-state index contributed by atoms with van der Waals surface area (Å²) in [6, 6.07) is 8.06. The molecule has 0 unspecified atom stereocenters. The topological polar surface area (TPSA) is 122 Å². The lowest BCUT2D eigenvalue weighted by Gasteiger charge is -2.31. The lowest BCUT2D eigenvalue weighted by atomic mass is 9.86. The van der Waals surface area contributed by atoms with Gasteiger partial charge < -0.3 is 15.4 Å². The first kappa shape index (κ1) is 23.2. The van der Waals surface area contributed by atoms with Crippen molar-refractivity contribution in [1.82, 2.24) is 14.9 Å². The number of aromatic nitrogens is 2. The van der Waals surface area contributed by atoms with Crippen LogP contribution in [0.25, 0.3) is 5.57 Å². The molecule has 3 N–H and O–H groups in total. The second-order valence-corrected chi connectivity index (χ2v) is 7.95. The van der Waals surface area contributed by atoms with Gasteiger partial charge in [0.15, 0.2) is 5.82 Å². The summed E-state index contributed by atoms with van der Waals surface area (Å²) in [5, 5.41) is 20.9. The third-order valence-electron chi connectivity index (χ3n) is 5.80. The van der Waals surface area contributed by atoms with Crippen LogP contribution < -0.4 is 5.32 Å². The van der Waals surface area contributed by atoms with Gasteiger partial charge >= 0.3 is 5.97 Å². The normalized spacial score (nSPS) is 15.3. The van der Waals surface area contributed by atoms with Gasteiger partial charge in [0.2, 0.25) is 0 Å². The van der Waals surface area contributed by atoms with Crippen molar-refractivity contribution in [3.63, 3.8) is 0 Å². The smallest absolute Gasteiger partial charge is 0.317 e. The Hall–Kier alpha value is -3.44. The van der Waals surface area contributed by atoms with E-state index in [0.717, 1.165) is 49.9 Å². The van der Waals surface area contributed by atoms with E-state index in [9.17, 15) is 9.59 Å².